The van der Waals surface area contributed by atoms with Crippen molar-refractivity contribution >= 4 is 11.5 Å². The number of rotatable bonds is 3. The molecule has 0 fully saturated rings. The number of aryl methyl sites for hydroxylation is 1. The first-order valence-corrected chi connectivity index (χ1v) is 4.28. The lowest BCUT2D eigenvalue weighted by atomic mass is 10.3. The Morgan fingerprint density at radius 3 is 2.69 bits per heavy atom. The Morgan fingerprint density at radius 2 is 2.23 bits per heavy atom. The standard InChI is InChI=1S/C9H15N3O/c1-3-12(6-13)9-5-4-8(10)7(2)11-9/h4-5,13H,3,6,10H2,1-2H3. The summed E-state index contributed by atoms with van der Waals surface area (Å²) in [6.45, 7) is 4.52. The highest BCUT2D eigenvalue weighted by atomic mass is 16.3. The van der Waals surface area contributed by atoms with Gasteiger partial charge >= 0.3 is 0 Å². The van der Waals surface area contributed by atoms with Crippen LogP contribution < -0.4 is 10.6 Å². The third-order valence-electron chi connectivity index (χ3n) is 1.99. The number of hydrogen-bond donors (Lipinski definition) is 2. The molecule has 0 saturated carbocycles. The van der Waals surface area contributed by atoms with Crippen LogP contribution in [-0.4, -0.2) is 23.4 Å². The van der Waals surface area contributed by atoms with E-state index in [0.29, 0.717) is 5.69 Å². The van der Waals surface area contributed by atoms with Crippen LogP contribution in [0.25, 0.3) is 0 Å². The first-order chi connectivity index (χ1) is 6.19. The Morgan fingerprint density at radius 1 is 1.54 bits per heavy atom. The van der Waals surface area contributed by atoms with Crippen molar-refractivity contribution in [2.45, 2.75) is 13.8 Å². The number of aliphatic hydroxyl groups excluding tert-OH is 1. The summed E-state index contributed by atoms with van der Waals surface area (Å²) in [5.41, 5.74) is 7.10. The van der Waals surface area contributed by atoms with E-state index in [9.17, 15) is 0 Å². The number of anilines is 2. The lowest BCUT2D eigenvalue weighted by Crippen LogP contribution is -2.24. The van der Waals surface area contributed by atoms with Crippen molar-refractivity contribution in [3.63, 3.8) is 0 Å². The molecule has 1 aromatic rings. The van der Waals surface area contributed by atoms with Crippen LogP contribution in [-0.2, 0) is 0 Å². The van der Waals surface area contributed by atoms with Gasteiger partial charge in [-0.2, -0.15) is 0 Å². The van der Waals surface area contributed by atoms with E-state index in [1.165, 1.54) is 0 Å². The van der Waals surface area contributed by atoms with Gasteiger partial charge in [0.05, 0.1) is 11.4 Å². The Kier molecular flexibility index (Phi) is 3.08. The first kappa shape index (κ1) is 9.80. The van der Waals surface area contributed by atoms with E-state index < -0.39 is 0 Å². The average Bonchev–Trinajstić information content (AvgIpc) is 2.13. The van der Waals surface area contributed by atoms with Gasteiger partial charge in [-0.3, -0.25) is 0 Å². The zero-order chi connectivity index (χ0) is 9.84. The second-order valence-corrected chi connectivity index (χ2v) is 2.84. The molecule has 0 saturated heterocycles. The van der Waals surface area contributed by atoms with E-state index in [1.54, 1.807) is 11.0 Å². The molecule has 0 bridgehead atoms. The maximum atomic E-state index is 8.99. The largest absolute Gasteiger partial charge is 0.397 e. The molecule has 0 aliphatic carbocycles. The Hall–Kier alpha value is -1.29. The maximum Gasteiger partial charge on any atom is 0.130 e. The monoisotopic (exact) mass is 181 g/mol. The fourth-order valence-corrected chi connectivity index (χ4v) is 1.07. The Balaban J connectivity index is 2.95. The van der Waals surface area contributed by atoms with Crippen LogP contribution in [0.2, 0.25) is 0 Å². The fourth-order valence-electron chi connectivity index (χ4n) is 1.07. The second kappa shape index (κ2) is 4.09. The third kappa shape index (κ3) is 2.09. The van der Waals surface area contributed by atoms with Gasteiger partial charge in [-0.15, -0.1) is 0 Å². The van der Waals surface area contributed by atoms with E-state index in [-0.39, 0.29) is 6.73 Å². The molecule has 1 rings (SSSR count). The summed E-state index contributed by atoms with van der Waals surface area (Å²) >= 11 is 0. The molecule has 0 radical (unpaired) electrons. The molecule has 0 aliphatic rings. The van der Waals surface area contributed by atoms with Crippen molar-refractivity contribution in [2.24, 2.45) is 0 Å². The third-order valence-corrected chi connectivity index (χ3v) is 1.99. The molecular weight excluding hydrogens is 166 g/mol. The summed E-state index contributed by atoms with van der Waals surface area (Å²) in [4.78, 5) is 6.01. The van der Waals surface area contributed by atoms with Crippen LogP contribution >= 0.6 is 0 Å². The summed E-state index contributed by atoms with van der Waals surface area (Å²) in [6.07, 6.45) is 0. The molecule has 4 heteroatoms. The molecule has 1 aromatic heterocycles. The molecule has 0 atom stereocenters. The number of aliphatic hydroxyl groups is 1. The minimum Gasteiger partial charge on any atom is -0.397 e. The Bertz CT molecular complexity index is 284. The molecule has 72 valence electrons. The maximum absolute atomic E-state index is 8.99. The van der Waals surface area contributed by atoms with Gasteiger partial charge in [0.2, 0.25) is 0 Å². The van der Waals surface area contributed by atoms with Crippen molar-refractivity contribution in [2.75, 3.05) is 23.9 Å². The molecule has 0 spiro atoms. The second-order valence-electron chi connectivity index (χ2n) is 2.84. The molecule has 0 amide bonds. The van der Waals surface area contributed by atoms with E-state index in [1.807, 2.05) is 19.9 Å². The van der Waals surface area contributed by atoms with E-state index in [2.05, 4.69) is 4.98 Å². The van der Waals surface area contributed by atoms with Crippen molar-refractivity contribution < 1.29 is 5.11 Å². The molecule has 0 aromatic carbocycles. The molecule has 13 heavy (non-hydrogen) atoms. The zero-order valence-corrected chi connectivity index (χ0v) is 7.99. The van der Waals surface area contributed by atoms with Crippen LogP contribution in [0, 0.1) is 6.92 Å². The Labute approximate surface area is 78.0 Å². The molecule has 4 nitrogen and oxygen atoms in total. The van der Waals surface area contributed by atoms with Gasteiger partial charge in [0.25, 0.3) is 0 Å². The zero-order valence-electron chi connectivity index (χ0n) is 7.99. The minimum atomic E-state index is -0.0210. The summed E-state index contributed by atoms with van der Waals surface area (Å²) in [5, 5.41) is 8.99. The topological polar surface area (TPSA) is 62.4 Å². The van der Waals surface area contributed by atoms with Gasteiger partial charge in [0, 0.05) is 6.54 Å². The van der Waals surface area contributed by atoms with E-state index in [4.69, 9.17) is 10.8 Å². The average molecular weight is 181 g/mol. The molecular formula is C9H15N3O. The number of pyridine rings is 1. The highest BCUT2D eigenvalue weighted by molar-refractivity contribution is 5.50. The number of aromatic nitrogens is 1. The SMILES string of the molecule is CCN(CO)c1ccc(N)c(C)n1. The van der Waals surface area contributed by atoms with Crippen molar-refractivity contribution in [1.82, 2.24) is 4.98 Å². The van der Waals surface area contributed by atoms with Crippen LogP contribution in [0.1, 0.15) is 12.6 Å². The predicted octanol–water partition coefficient (Wildman–Crippen LogP) is 0.748. The normalized spacial score (nSPS) is 10.1. The quantitative estimate of drug-likeness (QED) is 0.675. The van der Waals surface area contributed by atoms with Crippen LogP contribution in [0.15, 0.2) is 12.1 Å². The lowest BCUT2D eigenvalue weighted by molar-refractivity contribution is 0.292. The fraction of sp³-hybridized carbons (Fsp3) is 0.444. The van der Waals surface area contributed by atoms with Gasteiger partial charge < -0.3 is 15.7 Å². The highest BCUT2D eigenvalue weighted by Crippen LogP contribution is 2.15. The summed E-state index contributed by atoms with van der Waals surface area (Å²) < 4.78 is 0. The molecule has 0 aliphatic heterocycles. The lowest BCUT2D eigenvalue weighted by Gasteiger charge is -2.19. The van der Waals surface area contributed by atoms with Crippen molar-refractivity contribution in [3.05, 3.63) is 17.8 Å². The van der Waals surface area contributed by atoms with Gasteiger partial charge in [-0.1, -0.05) is 0 Å². The summed E-state index contributed by atoms with van der Waals surface area (Å²) in [5.74, 6) is 0.761. The van der Waals surface area contributed by atoms with Gasteiger partial charge in [0.1, 0.15) is 12.5 Å². The number of nitrogen functional groups attached to an aromatic ring is 1. The highest BCUT2D eigenvalue weighted by Gasteiger charge is 2.04. The molecule has 3 N–H and O–H groups in total. The van der Waals surface area contributed by atoms with Gasteiger partial charge in [0.15, 0.2) is 0 Å². The van der Waals surface area contributed by atoms with Crippen molar-refractivity contribution in [1.29, 1.82) is 0 Å². The smallest absolute Gasteiger partial charge is 0.130 e. The van der Waals surface area contributed by atoms with E-state index >= 15 is 0 Å². The molecule has 0 unspecified atom stereocenters. The summed E-state index contributed by atoms with van der Waals surface area (Å²) in [6, 6.07) is 3.61. The predicted molar refractivity (Wildman–Crippen MR) is 53.5 cm³/mol. The first-order valence-electron chi connectivity index (χ1n) is 4.28. The van der Waals surface area contributed by atoms with Crippen LogP contribution in [0.3, 0.4) is 0 Å². The van der Waals surface area contributed by atoms with Gasteiger partial charge in [-0.25, -0.2) is 4.98 Å². The number of nitrogens with zero attached hydrogens (tertiary/aromatic N) is 2. The van der Waals surface area contributed by atoms with Crippen LogP contribution in [0.5, 0.6) is 0 Å². The number of nitrogens with two attached hydrogens (primary N) is 1. The van der Waals surface area contributed by atoms with Crippen LogP contribution in [0.4, 0.5) is 11.5 Å². The van der Waals surface area contributed by atoms with Gasteiger partial charge in [-0.05, 0) is 26.0 Å². The minimum absolute atomic E-state index is 0.0210. The van der Waals surface area contributed by atoms with E-state index in [0.717, 1.165) is 18.1 Å². The number of hydrogen-bond acceptors (Lipinski definition) is 4. The van der Waals surface area contributed by atoms with Crippen molar-refractivity contribution in [3.8, 4) is 0 Å². The molecule has 1 heterocycles. The summed E-state index contributed by atoms with van der Waals surface area (Å²) in [7, 11) is 0.